The Morgan fingerprint density at radius 2 is 2.00 bits per heavy atom. The van der Waals surface area contributed by atoms with Gasteiger partial charge in [-0.1, -0.05) is 38.8 Å². The van der Waals surface area contributed by atoms with E-state index in [2.05, 4.69) is 22.2 Å². The van der Waals surface area contributed by atoms with Crippen LogP contribution in [0.5, 0.6) is 0 Å². The molecular formula is C14H24ClN3O. The second-order valence-corrected chi connectivity index (χ2v) is 5.53. The first kappa shape index (κ1) is 16.2. The van der Waals surface area contributed by atoms with Crippen LogP contribution < -0.4 is 5.32 Å². The summed E-state index contributed by atoms with van der Waals surface area (Å²) in [5.41, 5.74) is 0.880. The summed E-state index contributed by atoms with van der Waals surface area (Å²) in [6.07, 6.45) is 1.83. The number of halogens is 1. The Hall–Kier alpha value is -0.870. The van der Waals surface area contributed by atoms with Crippen LogP contribution in [0.2, 0.25) is 5.15 Å². The Kier molecular flexibility index (Phi) is 6.52. The molecule has 4 nitrogen and oxygen atoms in total. The van der Waals surface area contributed by atoms with Gasteiger partial charge in [-0.3, -0.25) is 0 Å². The number of hydrogen-bond donors (Lipinski definition) is 2. The first-order chi connectivity index (χ1) is 8.99. The Labute approximate surface area is 120 Å². The molecular weight excluding hydrogens is 262 g/mol. The van der Waals surface area contributed by atoms with Gasteiger partial charge < -0.3 is 10.4 Å². The minimum absolute atomic E-state index is 0.223. The van der Waals surface area contributed by atoms with Crippen LogP contribution in [0, 0.1) is 12.8 Å². The second-order valence-electron chi connectivity index (χ2n) is 5.17. The summed E-state index contributed by atoms with van der Waals surface area (Å²) in [6, 6.07) is 0. The minimum Gasteiger partial charge on any atom is -0.396 e. The number of aromatic nitrogens is 2. The number of aliphatic hydroxyl groups excluding tert-OH is 1. The Morgan fingerprint density at radius 3 is 2.53 bits per heavy atom. The molecule has 0 aliphatic heterocycles. The maximum absolute atomic E-state index is 9.01. The molecule has 1 unspecified atom stereocenters. The van der Waals surface area contributed by atoms with Crippen molar-refractivity contribution in [2.75, 3.05) is 18.5 Å². The van der Waals surface area contributed by atoms with E-state index in [1.54, 1.807) is 0 Å². The quantitative estimate of drug-likeness (QED) is 0.754. The largest absolute Gasteiger partial charge is 0.396 e. The van der Waals surface area contributed by atoms with Crippen molar-refractivity contribution < 1.29 is 5.11 Å². The molecule has 0 amide bonds. The van der Waals surface area contributed by atoms with Gasteiger partial charge in [0.1, 0.15) is 16.8 Å². The standard InChI is InChI=1S/C14H24ClN3O/c1-5-11(6-7-19)8-16-14-10(4)12(15)17-13(18-14)9(2)3/h9,11,19H,5-8H2,1-4H3,(H,16,17,18). The number of aliphatic hydroxyl groups is 1. The number of anilines is 1. The molecule has 0 aromatic carbocycles. The van der Waals surface area contributed by atoms with Gasteiger partial charge in [0.05, 0.1) is 0 Å². The highest BCUT2D eigenvalue weighted by molar-refractivity contribution is 6.30. The second kappa shape index (κ2) is 7.65. The molecule has 0 spiro atoms. The molecule has 0 fully saturated rings. The number of nitrogens with one attached hydrogen (secondary N) is 1. The van der Waals surface area contributed by atoms with Gasteiger partial charge in [-0.05, 0) is 19.3 Å². The lowest BCUT2D eigenvalue weighted by atomic mass is 10.0. The lowest BCUT2D eigenvalue weighted by Gasteiger charge is -2.17. The molecule has 1 heterocycles. The van der Waals surface area contributed by atoms with Crippen molar-refractivity contribution in [3.63, 3.8) is 0 Å². The van der Waals surface area contributed by atoms with Gasteiger partial charge >= 0.3 is 0 Å². The van der Waals surface area contributed by atoms with Crippen LogP contribution in [-0.4, -0.2) is 28.2 Å². The fourth-order valence-corrected chi connectivity index (χ4v) is 1.99. The van der Waals surface area contributed by atoms with Crippen molar-refractivity contribution in [2.45, 2.75) is 46.5 Å². The monoisotopic (exact) mass is 285 g/mol. The van der Waals surface area contributed by atoms with E-state index in [1.807, 2.05) is 20.8 Å². The van der Waals surface area contributed by atoms with E-state index >= 15 is 0 Å². The van der Waals surface area contributed by atoms with Gasteiger partial charge in [0.2, 0.25) is 0 Å². The van der Waals surface area contributed by atoms with Crippen LogP contribution in [-0.2, 0) is 0 Å². The first-order valence-electron chi connectivity index (χ1n) is 6.88. The summed E-state index contributed by atoms with van der Waals surface area (Å²) >= 11 is 6.14. The number of rotatable bonds is 7. The molecule has 0 radical (unpaired) electrons. The molecule has 1 aromatic heterocycles. The van der Waals surface area contributed by atoms with E-state index in [0.29, 0.717) is 11.1 Å². The lowest BCUT2D eigenvalue weighted by molar-refractivity contribution is 0.258. The van der Waals surface area contributed by atoms with Crippen LogP contribution in [0.4, 0.5) is 5.82 Å². The van der Waals surface area contributed by atoms with Crippen LogP contribution >= 0.6 is 11.6 Å². The SMILES string of the molecule is CCC(CCO)CNc1nc(C(C)C)nc(Cl)c1C. The van der Waals surface area contributed by atoms with Crippen LogP contribution in [0.15, 0.2) is 0 Å². The van der Waals surface area contributed by atoms with Gasteiger partial charge in [-0.15, -0.1) is 0 Å². The van der Waals surface area contributed by atoms with Crippen molar-refractivity contribution in [1.29, 1.82) is 0 Å². The van der Waals surface area contributed by atoms with Crippen molar-refractivity contribution >= 4 is 17.4 Å². The summed E-state index contributed by atoms with van der Waals surface area (Å²) in [5, 5.41) is 12.9. The zero-order valence-electron chi connectivity index (χ0n) is 12.2. The molecule has 0 aliphatic rings. The smallest absolute Gasteiger partial charge is 0.137 e. The van der Waals surface area contributed by atoms with Crippen LogP contribution in [0.3, 0.4) is 0 Å². The Morgan fingerprint density at radius 1 is 1.32 bits per heavy atom. The summed E-state index contributed by atoms with van der Waals surface area (Å²) in [6.45, 7) is 9.16. The molecule has 0 bridgehead atoms. The van der Waals surface area contributed by atoms with E-state index < -0.39 is 0 Å². The lowest BCUT2D eigenvalue weighted by Crippen LogP contribution is -2.17. The molecule has 1 rings (SSSR count). The molecule has 5 heteroatoms. The predicted molar refractivity (Wildman–Crippen MR) is 79.8 cm³/mol. The van der Waals surface area contributed by atoms with Gasteiger partial charge in [0.15, 0.2) is 0 Å². The first-order valence-corrected chi connectivity index (χ1v) is 7.26. The third kappa shape index (κ3) is 4.62. The molecule has 0 aliphatic carbocycles. The maximum Gasteiger partial charge on any atom is 0.137 e. The summed E-state index contributed by atoms with van der Waals surface area (Å²) in [7, 11) is 0. The molecule has 0 saturated carbocycles. The molecule has 0 saturated heterocycles. The summed E-state index contributed by atoms with van der Waals surface area (Å²) in [5.74, 6) is 2.26. The van der Waals surface area contributed by atoms with E-state index in [9.17, 15) is 0 Å². The maximum atomic E-state index is 9.01. The normalized spacial score (nSPS) is 12.8. The topological polar surface area (TPSA) is 58.0 Å². The number of hydrogen-bond acceptors (Lipinski definition) is 4. The van der Waals surface area contributed by atoms with Crippen molar-refractivity contribution in [3.8, 4) is 0 Å². The van der Waals surface area contributed by atoms with Crippen molar-refractivity contribution in [1.82, 2.24) is 9.97 Å². The fraction of sp³-hybridized carbons (Fsp3) is 0.714. The van der Waals surface area contributed by atoms with Gasteiger partial charge in [-0.25, -0.2) is 9.97 Å². The average molecular weight is 286 g/mol. The van der Waals surface area contributed by atoms with E-state index in [4.69, 9.17) is 16.7 Å². The van der Waals surface area contributed by atoms with E-state index in [0.717, 1.165) is 36.6 Å². The Bertz CT molecular complexity index is 410. The van der Waals surface area contributed by atoms with Gasteiger partial charge in [-0.2, -0.15) is 0 Å². The van der Waals surface area contributed by atoms with E-state index in [-0.39, 0.29) is 12.5 Å². The molecule has 1 aromatic rings. The van der Waals surface area contributed by atoms with Crippen molar-refractivity contribution in [3.05, 3.63) is 16.5 Å². The summed E-state index contributed by atoms with van der Waals surface area (Å²) in [4.78, 5) is 8.82. The van der Waals surface area contributed by atoms with Crippen LogP contribution in [0.25, 0.3) is 0 Å². The van der Waals surface area contributed by atoms with E-state index in [1.165, 1.54) is 0 Å². The molecule has 108 valence electrons. The highest BCUT2D eigenvalue weighted by atomic mass is 35.5. The fourth-order valence-electron chi connectivity index (χ4n) is 1.81. The zero-order valence-corrected chi connectivity index (χ0v) is 13.0. The third-order valence-corrected chi connectivity index (χ3v) is 3.66. The van der Waals surface area contributed by atoms with Crippen LogP contribution in [0.1, 0.15) is 50.9 Å². The predicted octanol–water partition coefficient (Wildman–Crippen LogP) is 3.38. The van der Waals surface area contributed by atoms with Gasteiger partial charge in [0, 0.05) is 24.6 Å². The highest BCUT2D eigenvalue weighted by Crippen LogP contribution is 2.23. The molecule has 2 N–H and O–H groups in total. The third-order valence-electron chi connectivity index (χ3n) is 3.29. The number of nitrogens with zero attached hydrogens (tertiary/aromatic N) is 2. The van der Waals surface area contributed by atoms with Gasteiger partial charge in [0.25, 0.3) is 0 Å². The zero-order chi connectivity index (χ0) is 14.4. The Balaban J connectivity index is 2.82. The highest BCUT2D eigenvalue weighted by Gasteiger charge is 2.13. The summed E-state index contributed by atoms with van der Waals surface area (Å²) < 4.78 is 0. The average Bonchev–Trinajstić information content (AvgIpc) is 2.38. The molecule has 1 atom stereocenters. The molecule has 19 heavy (non-hydrogen) atoms. The minimum atomic E-state index is 0.223. The van der Waals surface area contributed by atoms with Crippen molar-refractivity contribution in [2.24, 2.45) is 5.92 Å².